The first-order chi connectivity index (χ1) is 9.69. The van der Waals surface area contributed by atoms with E-state index in [9.17, 15) is 0 Å². The van der Waals surface area contributed by atoms with Crippen molar-refractivity contribution in [1.29, 1.82) is 0 Å². The van der Waals surface area contributed by atoms with Crippen LogP contribution in [0.25, 0.3) is 0 Å². The Kier molecular flexibility index (Phi) is 5.22. The van der Waals surface area contributed by atoms with Crippen LogP contribution in [-0.4, -0.2) is 18.5 Å². The first-order valence-electron chi connectivity index (χ1n) is 7.45. The lowest BCUT2D eigenvalue weighted by Crippen LogP contribution is -2.42. The Morgan fingerprint density at radius 1 is 1.25 bits per heavy atom. The van der Waals surface area contributed by atoms with Gasteiger partial charge in [-0.3, -0.25) is 0 Å². The van der Waals surface area contributed by atoms with E-state index in [4.69, 9.17) is 4.99 Å². The topological polar surface area (TPSA) is 36.4 Å². The Morgan fingerprint density at radius 3 is 2.65 bits per heavy atom. The Balaban J connectivity index is 2.00. The van der Waals surface area contributed by atoms with Crippen LogP contribution in [0.4, 0.5) is 0 Å². The second kappa shape index (κ2) is 7.13. The maximum atomic E-state index is 4.70. The van der Waals surface area contributed by atoms with Crippen LogP contribution in [0.5, 0.6) is 0 Å². The lowest BCUT2D eigenvalue weighted by molar-refractivity contribution is 0.633. The molecule has 20 heavy (non-hydrogen) atoms. The number of aliphatic imine (C=N–C) groups is 1. The van der Waals surface area contributed by atoms with E-state index in [2.05, 4.69) is 61.8 Å². The highest BCUT2D eigenvalue weighted by atomic mass is 15.2. The summed E-state index contributed by atoms with van der Waals surface area (Å²) in [6.07, 6.45) is 6.64. The van der Waals surface area contributed by atoms with Gasteiger partial charge in [-0.15, -0.1) is 0 Å². The van der Waals surface area contributed by atoms with Crippen molar-refractivity contribution < 1.29 is 0 Å². The van der Waals surface area contributed by atoms with E-state index in [1.165, 1.54) is 16.7 Å². The third-order valence-corrected chi connectivity index (χ3v) is 3.60. The largest absolute Gasteiger partial charge is 0.357 e. The van der Waals surface area contributed by atoms with Crippen molar-refractivity contribution in [2.24, 2.45) is 4.99 Å². The van der Waals surface area contributed by atoms with Crippen LogP contribution in [0.3, 0.4) is 0 Å². The van der Waals surface area contributed by atoms with E-state index >= 15 is 0 Å². The molecule has 2 N–H and O–H groups in total. The van der Waals surface area contributed by atoms with Crippen molar-refractivity contribution in [1.82, 2.24) is 10.6 Å². The monoisotopic (exact) mass is 271 g/mol. The molecule has 2 rings (SSSR count). The van der Waals surface area contributed by atoms with E-state index < -0.39 is 0 Å². The fourth-order valence-electron chi connectivity index (χ4n) is 2.44. The summed E-state index contributed by atoms with van der Waals surface area (Å²) in [6.45, 7) is 7.99. The Labute approximate surface area is 122 Å². The number of hydrogen-bond acceptors (Lipinski definition) is 1. The van der Waals surface area contributed by atoms with Crippen LogP contribution in [0.15, 0.2) is 35.3 Å². The number of aryl methyl sites for hydroxylation is 2. The van der Waals surface area contributed by atoms with E-state index in [1.807, 2.05) is 0 Å². The first kappa shape index (κ1) is 14.6. The summed E-state index contributed by atoms with van der Waals surface area (Å²) in [5.74, 6) is 0.918. The van der Waals surface area contributed by atoms with Crippen LogP contribution >= 0.6 is 0 Å². The Bertz CT molecular complexity index is 495. The average molecular weight is 271 g/mol. The second-order valence-electron chi connectivity index (χ2n) is 5.41. The van der Waals surface area contributed by atoms with Gasteiger partial charge < -0.3 is 10.6 Å². The van der Waals surface area contributed by atoms with Gasteiger partial charge in [0.25, 0.3) is 0 Å². The van der Waals surface area contributed by atoms with Crippen molar-refractivity contribution >= 4 is 5.96 Å². The maximum Gasteiger partial charge on any atom is 0.191 e. The molecule has 0 amide bonds. The van der Waals surface area contributed by atoms with Gasteiger partial charge in [0, 0.05) is 12.6 Å². The minimum absolute atomic E-state index is 0.493. The molecule has 1 aromatic rings. The molecular formula is C17H25N3. The average Bonchev–Trinajstić information content (AvgIpc) is 2.90. The highest BCUT2D eigenvalue weighted by molar-refractivity contribution is 5.80. The molecule has 0 unspecified atom stereocenters. The van der Waals surface area contributed by atoms with Gasteiger partial charge in [-0.25, -0.2) is 4.99 Å². The van der Waals surface area contributed by atoms with Crippen LogP contribution in [-0.2, 0) is 6.54 Å². The predicted molar refractivity (Wildman–Crippen MR) is 86.0 cm³/mol. The molecule has 0 spiro atoms. The number of nitrogens with zero attached hydrogens (tertiary/aromatic N) is 1. The van der Waals surface area contributed by atoms with Crippen LogP contribution in [0.2, 0.25) is 0 Å². The van der Waals surface area contributed by atoms with E-state index in [0.717, 1.165) is 31.9 Å². The zero-order valence-electron chi connectivity index (χ0n) is 12.7. The number of benzene rings is 1. The molecule has 0 radical (unpaired) electrons. The minimum atomic E-state index is 0.493. The van der Waals surface area contributed by atoms with Gasteiger partial charge in [0.15, 0.2) is 5.96 Å². The molecule has 3 nitrogen and oxygen atoms in total. The minimum Gasteiger partial charge on any atom is -0.357 e. The lowest BCUT2D eigenvalue weighted by Gasteiger charge is -2.17. The zero-order chi connectivity index (χ0) is 14.4. The summed E-state index contributed by atoms with van der Waals surface area (Å²) in [5, 5.41) is 6.82. The molecule has 0 saturated carbocycles. The van der Waals surface area contributed by atoms with Crippen LogP contribution in [0.1, 0.15) is 36.5 Å². The summed E-state index contributed by atoms with van der Waals surface area (Å²) < 4.78 is 0. The van der Waals surface area contributed by atoms with Gasteiger partial charge in [0.1, 0.15) is 0 Å². The molecule has 0 aromatic heterocycles. The second-order valence-corrected chi connectivity index (χ2v) is 5.41. The number of guanidine groups is 1. The van der Waals surface area contributed by atoms with Crippen LogP contribution < -0.4 is 10.6 Å². The SMILES string of the molecule is CCNC(=NCc1ccc(C)cc1C)NC1CC=CC1. The third kappa shape index (κ3) is 4.12. The van der Waals surface area contributed by atoms with E-state index in [1.54, 1.807) is 0 Å². The molecule has 0 bridgehead atoms. The van der Waals surface area contributed by atoms with Crippen molar-refractivity contribution in [2.45, 2.75) is 46.2 Å². The first-order valence-corrected chi connectivity index (χ1v) is 7.45. The molecule has 0 atom stereocenters. The molecule has 1 aliphatic carbocycles. The van der Waals surface area contributed by atoms with Crippen molar-refractivity contribution in [3.05, 3.63) is 47.0 Å². The van der Waals surface area contributed by atoms with E-state index in [0.29, 0.717) is 6.04 Å². The summed E-state index contributed by atoms with van der Waals surface area (Å²) in [4.78, 5) is 4.70. The van der Waals surface area contributed by atoms with Crippen molar-refractivity contribution in [2.75, 3.05) is 6.54 Å². The molecule has 3 heteroatoms. The Morgan fingerprint density at radius 2 is 2.00 bits per heavy atom. The van der Waals surface area contributed by atoms with Crippen molar-refractivity contribution in [3.63, 3.8) is 0 Å². The summed E-state index contributed by atoms with van der Waals surface area (Å²) in [7, 11) is 0. The summed E-state index contributed by atoms with van der Waals surface area (Å²) in [6, 6.07) is 7.03. The number of rotatable bonds is 4. The maximum absolute atomic E-state index is 4.70. The fraction of sp³-hybridized carbons (Fsp3) is 0.471. The predicted octanol–water partition coefficient (Wildman–Crippen LogP) is 3.08. The molecule has 0 saturated heterocycles. The normalized spacial score (nSPS) is 15.7. The zero-order valence-corrected chi connectivity index (χ0v) is 12.7. The molecule has 0 aliphatic heterocycles. The quantitative estimate of drug-likeness (QED) is 0.501. The standard InChI is InChI=1S/C17H25N3/c1-4-18-17(20-16-7-5-6-8-16)19-12-15-10-9-13(2)11-14(15)3/h5-6,9-11,16H,4,7-8,12H2,1-3H3,(H2,18,19,20). The highest BCUT2D eigenvalue weighted by Gasteiger charge is 2.11. The van der Waals surface area contributed by atoms with Crippen molar-refractivity contribution in [3.8, 4) is 0 Å². The van der Waals surface area contributed by atoms with Gasteiger partial charge >= 0.3 is 0 Å². The van der Waals surface area contributed by atoms with Gasteiger partial charge in [-0.2, -0.15) is 0 Å². The van der Waals surface area contributed by atoms with E-state index in [-0.39, 0.29) is 0 Å². The molecule has 108 valence electrons. The molecule has 0 fully saturated rings. The fourth-order valence-corrected chi connectivity index (χ4v) is 2.44. The number of hydrogen-bond donors (Lipinski definition) is 2. The molecule has 1 aliphatic rings. The molecule has 0 heterocycles. The van der Waals surface area contributed by atoms with Gasteiger partial charge in [-0.05, 0) is 44.7 Å². The highest BCUT2D eigenvalue weighted by Crippen LogP contribution is 2.12. The molecular weight excluding hydrogens is 246 g/mol. The summed E-state index contributed by atoms with van der Waals surface area (Å²) in [5.41, 5.74) is 3.90. The smallest absolute Gasteiger partial charge is 0.191 e. The van der Waals surface area contributed by atoms with Gasteiger partial charge in [-0.1, -0.05) is 35.9 Å². The third-order valence-electron chi connectivity index (χ3n) is 3.60. The Hall–Kier alpha value is -1.77. The lowest BCUT2D eigenvalue weighted by atomic mass is 10.1. The summed E-state index contributed by atoms with van der Waals surface area (Å²) >= 11 is 0. The van der Waals surface area contributed by atoms with Gasteiger partial charge in [0.05, 0.1) is 6.54 Å². The number of nitrogens with one attached hydrogen (secondary N) is 2. The van der Waals surface area contributed by atoms with Crippen LogP contribution in [0, 0.1) is 13.8 Å². The van der Waals surface area contributed by atoms with Gasteiger partial charge in [0.2, 0.25) is 0 Å². The molecule has 1 aromatic carbocycles.